The van der Waals surface area contributed by atoms with Gasteiger partial charge in [-0.2, -0.15) is 0 Å². The van der Waals surface area contributed by atoms with Gasteiger partial charge in [-0.05, 0) is 48.9 Å². The van der Waals surface area contributed by atoms with Gasteiger partial charge in [0.25, 0.3) is 5.91 Å². The second-order valence-corrected chi connectivity index (χ2v) is 8.03. The molecular formula is C24H20N2O7S. The summed E-state index contributed by atoms with van der Waals surface area (Å²) in [6.07, 6.45) is 0. The lowest BCUT2D eigenvalue weighted by atomic mass is 10.1. The first-order valence-corrected chi connectivity index (χ1v) is 11.0. The Morgan fingerprint density at radius 1 is 1.06 bits per heavy atom. The van der Waals surface area contributed by atoms with Crippen molar-refractivity contribution < 1.29 is 28.2 Å². The smallest absolute Gasteiger partial charge is 0.344 e. The maximum absolute atomic E-state index is 12.1. The van der Waals surface area contributed by atoms with Crippen LogP contribution in [0.2, 0.25) is 0 Å². The summed E-state index contributed by atoms with van der Waals surface area (Å²) >= 11 is 1.26. The van der Waals surface area contributed by atoms with Crippen LogP contribution in [0.1, 0.15) is 5.56 Å². The number of nitrogens with zero attached hydrogens (tertiary/aromatic N) is 1. The van der Waals surface area contributed by atoms with Crippen LogP contribution in [0.15, 0.2) is 63.1 Å². The van der Waals surface area contributed by atoms with Crippen molar-refractivity contribution >= 4 is 39.3 Å². The molecule has 0 aliphatic rings. The molecular weight excluding hydrogens is 460 g/mol. The molecule has 2 aromatic carbocycles. The van der Waals surface area contributed by atoms with Crippen molar-refractivity contribution in [3.63, 3.8) is 0 Å². The van der Waals surface area contributed by atoms with Gasteiger partial charge in [0.2, 0.25) is 0 Å². The maximum Gasteiger partial charge on any atom is 0.344 e. The standard InChI is InChI=1S/C24H20N2O7S/c1-14-9-22(28)33-20-10-17(7-8-18(14)20)31-12-23(29)32-11-21(27)26-24-25-19(13-34-24)15-3-5-16(30-2)6-4-15/h3-10,13H,11-12H2,1-2H3,(H,25,26,27). The zero-order valence-corrected chi connectivity index (χ0v) is 19.1. The second kappa shape index (κ2) is 10.2. The first-order valence-electron chi connectivity index (χ1n) is 10.1. The van der Waals surface area contributed by atoms with Gasteiger partial charge in [-0.15, -0.1) is 11.3 Å². The van der Waals surface area contributed by atoms with Crippen molar-refractivity contribution in [3.8, 4) is 22.8 Å². The largest absolute Gasteiger partial charge is 0.497 e. The van der Waals surface area contributed by atoms with Crippen molar-refractivity contribution in [1.29, 1.82) is 0 Å². The third kappa shape index (κ3) is 5.59. The van der Waals surface area contributed by atoms with Crippen molar-refractivity contribution in [2.75, 3.05) is 25.6 Å². The molecule has 34 heavy (non-hydrogen) atoms. The van der Waals surface area contributed by atoms with Crippen LogP contribution >= 0.6 is 11.3 Å². The minimum absolute atomic E-state index is 0.330. The summed E-state index contributed by atoms with van der Waals surface area (Å²) in [5, 5.41) is 5.56. The highest BCUT2D eigenvalue weighted by Gasteiger charge is 2.12. The fourth-order valence-corrected chi connectivity index (χ4v) is 3.84. The highest BCUT2D eigenvalue weighted by molar-refractivity contribution is 7.14. The number of aromatic nitrogens is 1. The Bertz CT molecular complexity index is 1390. The van der Waals surface area contributed by atoms with Crippen LogP contribution in [0.5, 0.6) is 11.5 Å². The van der Waals surface area contributed by atoms with E-state index in [2.05, 4.69) is 10.3 Å². The highest BCUT2D eigenvalue weighted by atomic mass is 32.1. The van der Waals surface area contributed by atoms with E-state index in [9.17, 15) is 14.4 Å². The summed E-state index contributed by atoms with van der Waals surface area (Å²) in [4.78, 5) is 40.0. The number of amides is 1. The quantitative estimate of drug-likeness (QED) is 0.299. The SMILES string of the molecule is COc1ccc(-c2csc(NC(=O)COC(=O)COc3ccc4c(C)cc(=O)oc4c3)n2)cc1. The minimum Gasteiger partial charge on any atom is -0.497 e. The molecule has 0 unspecified atom stereocenters. The zero-order valence-electron chi connectivity index (χ0n) is 18.3. The van der Waals surface area contributed by atoms with Crippen LogP contribution in [-0.2, 0) is 14.3 Å². The lowest BCUT2D eigenvalue weighted by Crippen LogP contribution is -2.23. The minimum atomic E-state index is -0.723. The Kier molecular flexibility index (Phi) is 6.88. The molecule has 9 nitrogen and oxygen atoms in total. The number of hydrogen-bond acceptors (Lipinski definition) is 9. The third-order valence-corrected chi connectivity index (χ3v) is 5.54. The van der Waals surface area contributed by atoms with Gasteiger partial charge in [-0.3, -0.25) is 10.1 Å². The molecule has 174 valence electrons. The Balaban J connectivity index is 1.25. The fourth-order valence-electron chi connectivity index (χ4n) is 3.11. The number of carbonyl (C=O) groups is 2. The van der Waals surface area contributed by atoms with Crippen LogP contribution in [0, 0.1) is 6.92 Å². The van der Waals surface area contributed by atoms with Crippen molar-refractivity contribution in [1.82, 2.24) is 4.98 Å². The van der Waals surface area contributed by atoms with E-state index in [0.29, 0.717) is 22.2 Å². The van der Waals surface area contributed by atoms with E-state index in [-0.39, 0.29) is 0 Å². The van der Waals surface area contributed by atoms with E-state index in [1.807, 2.05) is 29.6 Å². The van der Waals surface area contributed by atoms with Gasteiger partial charge >= 0.3 is 11.6 Å². The summed E-state index contributed by atoms with van der Waals surface area (Å²) in [7, 11) is 1.59. The molecule has 4 aromatic rings. The first kappa shape index (κ1) is 23.0. The number of nitrogens with one attached hydrogen (secondary N) is 1. The predicted octanol–water partition coefficient (Wildman–Crippen LogP) is 3.79. The topological polar surface area (TPSA) is 117 Å². The van der Waals surface area contributed by atoms with Crippen LogP contribution in [-0.4, -0.2) is 37.2 Å². The van der Waals surface area contributed by atoms with E-state index in [1.165, 1.54) is 23.5 Å². The molecule has 1 N–H and O–H groups in total. The molecule has 0 aliphatic heterocycles. The Labute approximate surface area is 197 Å². The summed E-state index contributed by atoms with van der Waals surface area (Å²) in [5.41, 5.74) is 2.25. The lowest BCUT2D eigenvalue weighted by molar-refractivity contribution is -0.149. The fraction of sp³-hybridized carbons (Fsp3) is 0.167. The lowest BCUT2D eigenvalue weighted by Gasteiger charge is -2.08. The number of anilines is 1. The van der Waals surface area contributed by atoms with Gasteiger partial charge in [0.15, 0.2) is 18.3 Å². The monoisotopic (exact) mass is 480 g/mol. The average Bonchev–Trinajstić information content (AvgIpc) is 3.29. The van der Waals surface area contributed by atoms with E-state index < -0.39 is 30.7 Å². The molecule has 10 heteroatoms. The van der Waals surface area contributed by atoms with E-state index >= 15 is 0 Å². The summed E-state index contributed by atoms with van der Waals surface area (Å²) in [5.74, 6) is -0.178. The number of esters is 1. The molecule has 0 spiro atoms. The number of rotatable bonds is 8. The van der Waals surface area contributed by atoms with Gasteiger partial charge in [-0.1, -0.05) is 0 Å². The Hall–Kier alpha value is -4.18. The Morgan fingerprint density at radius 3 is 2.59 bits per heavy atom. The highest BCUT2D eigenvalue weighted by Crippen LogP contribution is 2.26. The molecule has 1 amide bonds. The molecule has 0 atom stereocenters. The number of fused-ring (bicyclic) bond motifs is 1. The van der Waals surface area contributed by atoms with Crippen LogP contribution in [0.4, 0.5) is 5.13 Å². The Morgan fingerprint density at radius 2 is 1.82 bits per heavy atom. The van der Waals surface area contributed by atoms with Gasteiger partial charge in [-0.25, -0.2) is 14.6 Å². The van der Waals surface area contributed by atoms with Crippen molar-refractivity contribution in [2.45, 2.75) is 6.92 Å². The molecule has 0 bridgehead atoms. The molecule has 0 saturated heterocycles. The van der Waals surface area contributed by atoms with E-state index in [0.717, 1.165) is 22.3 Å². The van der Waals surface area contributed by atoms with E-state index in [4.69, 9.17) is 18.6 Å². The zero-order chi connectivity index (χ0) is 24.1. The van der Waals surface area contributed by atoms with Gasteiger partial charge in [0.05, 0.1) is 12.8 Å². The van der Waals surface area contributed by atoms with Crippen LogP contribution in [0.3, 0.4) is 0 Å². The third-order valence-electron chi connectivity index (χ3n) is 4.78. The van der Waals surface area contributed by atoms with E-state index in [1.54, 1.807) is 26.2 Å². The molecule has 0 fully saturated rings. The molecule has 0 saturated carbocycles. The molecule has 4 rings (SSSR count). The number of hydrogen-bond donors (Lipinski definition) is 1. The normalized spacial score (nSPS) is 10.6. The van der Waals surface area contributed by atoms with Crippen molar-refractivity contribution in [2.24, 2.45) is 0 Å². The van der Waals surface area contributed by atoms with Crippen molar-refractivity contribution in [3.05, 3.63) is 69.9 Å². The predicted molar refractivity (Wildman–Crippen MR) is 126 cm³/mol. The summed E-state index contributed by atoms with van der Waals surface area (Å²) < 4.78 is 20.6. The number of ether oxygens (including phenoxy) is 3. The summed E-state index contributed by atoms with van der Waals surface area (Å²) in [6.45, 7) is 0.910. The number of methoxy groups -OCH3 is 1. The van der Waals surface area contributed by atoms with Gasteiger partial charge in [0, 0.05) is 28.5 Å². The number of benzene rings is 2. The number of carbonyl (C=O) groups excluding carboxylic acids is 2. The average molecular weight is 480 g/mol. The number of aryl methyl sites for hydroxylation is 1. The first-order chi connectivity index (χ1) is 16.4. The van der Waals surface area contributed by atoms with Crippen LogP contribution < -0.4 is 20.4 Å². The summed E-state index contributed by atoms with van der Waals surface area (Å²) in [6, 6.07) is 13.7. The maximum atomic E-state index is 12.1. The molecule has 2 aromatic heterocycles. The second-order valence-electron chi connectivity index (χ2n) is 7.17. The number of thiazole rings is 1. The van der Waals surface area contributed by atoms with Crippen LogP contribution in [0.25, 0.3) is 22.2 Å². The molecule has 0 radical (unpaired) electrons. The van der Waals surface area contributed by atoms with Gasteiger partial charge in [0.1, 0.15) is 17.1 Å². The van der Waals surface area contributed by atoms with Gasteiger partial charge < -0.3 is 18.6 Å². The molecule has 2 heterocycles. The molecule has 0 aliphatic carbocycles.